The fourth-order valence-corrected chi connectivity index (χ4v) is 4.09. The minimum Gasteiger partial charge on any atom is -0.486 e. The average molecular weight is 421 g/mol. The Morgan fingerprint density at radius 3 is 2.13 bits per heavy atom. The Morgan fingerprint density at radius 2 is 1.45 bits per heavy atom. The molecule has 0 aliphatic rings. The van der Waals surface area contributed by atoms with E-state index in [1.165, 1.54) is 62.4 Å². The number of aromatic nitrogens is 2. The monoisotopic (exact) mass is 420 g/mol. The van der Waals surface area contributed by atoms with Gasteiger partial charge < -0.3 is 9.30 Å². The van der Waals surface area contributed by atoms with Crippen molar-refractivity contribution in [2.75, 3.05) is 0 Å². The Morgan fingerprint density at radius 1 is 0.806 bits per heavy atom. The number of nitrogens with zero attached hydrogens (tertiary/aromatic N) is 2. The lowest BCUT2D eigenvalue weighted by molar-refractivity contribution is 0.289. The lowest BCUT2D eigenvalue weighted by atomic mass is 9.87. The van der Waals surface area contributed by atoms with Crippen molar-refractivity contribution in [2.24, 2.45) is 0 Å². The molecular formula is C28H40N2O. The van der Waals surface area contributed by atoms with E-state index in [1.807, 2.05) is 0 Å². The van der Waals surface area contributed by atoms with Gasteiger partial charge in [0.15, 0.2) is 0 Å². The molecule has 0 spiro atoms. The summed E-state index contributed by atoms with van der Waals surface area (Å²) in [5.41, 5.74) is 3.75. The van der Waals surface area contributed by atoms with E-state index in [4.69, 9.17) is 9.72 Å². The third kappa shape index (κ3) is 6.85. The third-order valence-electron chi connectivity index (χ3n) is 6.06. The molecule has 0 fully saturated rings. The SMILES string of the molecule is CCCCCCCCCCn1c(COc2ccc(C(C)(C)C)cc2)nc2ccccc21. The standard InChI is InChI=1S/C28H40N2O/c1-5-6-7-8-9-10-11-14-21-30-26-16-13-12-15-25(26)29-27(30)22-31-24-19-17-23(18-20-24)28(2,3)4/h12-13,15-20H,5-11,14,21-22H2,1-4H3. The maximum atomic E-state index is 6.13. The molecule has 0 atom stereocenters. The van der Waals surface area contributed by atoms with Crippen molar-refractivity contribution in [3.8, 4) is 5.75 Å². The molecule has 2 aromatic carbocycles. The van der Waals surface area contributed by atoms with Crippen molar-refractivity contribution in [1.82, 2.24) is 9.55 Å². The molecule has 3 rings (SSSR count). The van der Waals surface area contributed by atoms with Crippen LogP contribution in [-0.2, 0) is 18.6 Å². The van der Waals surface area contributed by atoms with Crippen LogP contribution in [0.15, 0.2) is 48.5 Å². The number of ether oxygens (including phenoxy) is 1. The Hall–Kier alpha value is -2.29. The summed E-state index contributed by atoms with van der Waals surface area (Å²) in [6, 6.07) is 16.9. The van der Waals surface area contributed by atoms with Crippen molar-refractivity contribution in [1.29, 1.82) is 0 Å². The van der Waals surface area contributed by atoms with Gasteiger partial charge in [-0.2, -0.15) is 0 Å². The van der Waals surface area contributed by atoms with E-state index in [1.54, 1.807) is 0 Å². The van der Waals surface area contributed by atoms with Crippen LogP contribution in [0.1, 0.15) is 90.4 Å². The van der Waals surface area contributed by atoms with Gasteiger partial charge in [-0.1, -0.05) is 96.9 Å². The van der Waals surface area contributed by atoms with Crippen molar-refractivity contribution in [3.05, 3.63) is 59.9 Å². The van der Waals surface area contributed by atoms with Crippen LogP contribution in [0.4, 0.5) is 0 Å². The molecule has 0 amide bonds. The molecule has 0 bridgehead atoms. The number of para-hydroxylation sites is 2. The lowest BCUT2D eigenvalue weighted by Gasteiger charge is -2.19. The Labute approximate surface area is 188 Å². The van der Waals surface area contributed by atoms with Gasteiger partial charge in [0.25, 0.3) is 0 Å². The van der Waals surface area contributed by atoms with Gasteiger partial charge in [-0.15, -0.1) is 0 Å². The van der Waals surface area contributed by atoms with Crippen molar-refractivity contribution < 1.29 is 4.74 Å². The molecule has 3 heteroatoms. The largest absolute Gasteiger partial charge is 0.486 e. The molecule has 1 aromatic heterocycles. The molecule has 0 unspecified atom stereocenters. The predicted octanol–water partition coefficient (Wildman–Crippen LogP) is 8.05. The molecule has 0 saturated heterocycles. The second kappa shape index (κ2) is 11.4. The molecule has 3 nitrogen and oxygen atoms in total. The smallest absolute Gasteiger partial charge is 0.147 e. The highest BCUT2D eigenvalue weighted by Gasteiger charge is 2.14. The summed E-state index contributed by atoms with van der Waals surface area (Å²) in [5, 5.41) is 0. The van der Waals surface area contributed by atoms with Crippen LogP contribution in [0.5, 0.6) is 5.75 Å². The summed E-state index contributed by atoms with van der Waals surface area (Å²) in [7, 11) is 0. The fraction of sp³-hybridized carbons (Fsp3) is 0.536. The summed E-state index contributed by atoms with van der Waals surface area (Å²) in [5.74, 6) is 1.92. The van der Waals surface area contributed by atoms with Gasteiger partial charge in [-0.05, 0) is 41.7 Å². The summed E-state index contributed by atoms with van der Waals surface area (Å²) in [4.78, 5) is 4.87. The van der Waals surface area contributed by atoms with Crippen LogP contribution in [0.25, 0.3) is 11.0 Å². The first-order valence-corrected chi connectivity index (χ1v) is 12.2. The number of hydrogen-bond acceptors (Lipinski definition) is 2. The highest BCUT2D eigenvalue weighted by atomic mass is 16.5. The number of unbranched alkanes of at least 4 members (excludes halogenated alkanes) is 7. The number of benzene rings is 2. The maximum Gasteiger partial charge on any atom is 0.147 e. The number of aryl methyl sites for hydroxylation is 1. The Bertz CT molecular complexity index is 918. The molecule has 31 heavy (non-hydrogen) atoms. The van der Waals surface area contributed by atoms with Crippen molar-refractivity contribution in [3.63, 3.8) is 0 Å². The van der Waals surface area contributed by atoms with Gasteiger partial charge in [-0.3, -0.25) is 0 Å². The second-order valence-electron chi connectivity index (χ2n) is 9.71. The van der Waals surface area contributed by atoms with E-state index >= 15 is 0 Å². The van der Waals surface area contributed by atoms with Crippen LogP contribution < -0.4 is 4.74 Å². The lowest BCUT2D eigenvalue weighted by Crippen LogP contribution is -2.11. The number of imidazole rings is 1. The normalized spacial score (nSPS) is 11.9. The maximum absolute atomic E-state index is 6.13. The third-order valence-corrected chi connectivity index (χ3v) is 6.06. The van der Waals surface area contributed by atoms with Gasteiger partial charge in [0.05, 0.1) is 11.0 Å². The number of fused-ring (bicyclic) bond motifs is 1. The molecule has 1 heterocycles. The molecule has 168 valence electrons. The average Bonchev–Trinajstić information content (AvgIpc) is 3.11. The minimum atomic E-state index is 0.155. The Kier molecular flexibility index (Phi) is 8.57. The molecular weight excluding hydrogens is 380 g/mol. The zero-order valence-electron chi connectivity index (χ0n) is 20.0. The van der Waals surface area contributed by atoms with Crippen molar-refractivity contribution in [2.45, 2.75) is 97.6 Å². The van der Waals surface area contributed by atoms with Crippen LogP contribution in [0.3, 0.4) is 0 Å². The Balaban J connectivity index is 1.58. The summed E-state index contributed by atoms with van der Waals surface area (Å²) in [6.07, 6.45) is 10.7. The predicted molar refractivity (Wildman–Crippen MR) is 132 cm³/mol. The van der Waals surface area contributed by atoms with Gasteiger partial charge in [0.2, 0.25) is 0 Å². The topological polar surface area (TPSA) is 27.1 Å². The number of rotatable bonds is 12. The molecule has 3 aromatic rings. The van der Waals surface area contributed by atoms with Crippen LogP contribution >= 0.6 is 0 Å². The van der Waals surface area contributed by atoms with Gasteiger partial charge in [0, 0.05) is 6.54 Å². The highest BCUT2D eigenvalue weighted by molar-refractivity contribution is 5.75. The van der Waals surface area contributed by atoms with Crippen molar-refractivity contribution >= 4 is 11.0 Å². The first-order chi connectivity index (χ1) is 15.0. The van der Waals surface area contributed by atoms with Gasteiger partial charge in [-0.25, -0.2) is 4.98 Å². The minimum absolute atomic E-state index is 0.155. The second-order valence-corrected chi connectivity index (χ2v) is 9.71. The molecule has 0 aliphatic heterocycles. The zero-order valence-corrected chi connectivity index (χ0v) is 20.0. The van der Waals surface area contributed by atoms with Crippen LogP contribution in [0.2, 0.25) is 0 Å². The highest BCUT2D eigenvalue weighted by Crippen LogP contribution is 2.25. The molecule has 0 aliphatic carbocycles. The van der Waals surface area contributed by atoms with E-state index in [-0.39, 0.29) is 5.41 Å². The van der Waals surface area contributed by atoms with E-state index in [9.17, 15) is 0 Å². The van der Waals surface area contributed by atoms with Gasteiger partial charge in [0.1, 0.15) is 18.2 Å². The van der Waals surface area contributed by atoms with Gasteiger partial charge >= 0.3 is 0 Å². The number of hydrogen-bond donors (Lipinski definition) is 0. The van der Waals surface area contributed by atoms with E-state index in [0.717, 1.165) is 23.6 Å². The van der Waals surface area contributed by atoms with Crippen LogP contribution in [-0.4, -0.2) is 9.55 Å². The molecule has 0 N–H and O–H groups in total. The zero-order chi connectivity index (χ0) is 22.1. The fourth-order valence-electron chi connectivity index (χ4n) is 4.09. The summed E-state index contributed by atoms with van der Waals surface area (Å²) >= 11 is 0. The summed E-state index contributed by atoms with van der Waals surface area (Å²) < 4.78 is 8.49. The molecule has 0 radical (unpaired) electrons. The van der Waals surface area contributed by atoms with E-state index in [0.29, 0.717) is 6.61 Å². The first kappa shape index (κ1) is 23.4. The van der Waals surface area contributed by atoms with Crippen LogP contribution in [0, 0.1) is 0 Å². The molecule has 0 saturated carbocycles. The quantitative estimate of drug-likeness (QED) is 0.277. The first-order valence-electron chi connectivity index (χ1n) is 12.2. The van der Waals surface area contributed by atoms with E-state index in [2.05, 4.69) is 80.8 Å². The summed E-state index contributed by atoms with van der Waals surface area (Å²) in [6.45, 7) is 10.5. The van der Waals surface area contributed by atoms with E-state index < -0.39 is 0 Å².